The first-order chi connectivity index (χ1) is 20.2. The first kappa shape index (κ1) is 30.0. The zero-order valence-corrected chi connectivity index (χ0v) is 24.9. The highest BCUT2D eigenvalue weighted by Gasteiger charge is 2.31. The lowest BCUT2D eigenvalue weighted by atomic mass is 9.82. The van der Waals surface area contributed by atoms with Crippen LogP contribution in [0.15, 0.2) is 48.5 Å². The van der Waals surface area contributed by atoms with Gasteiger partial charge in [0.25, 0.3) is 0 Å². The van der Waals surface area contributed by atoms with Crippen molar-refractivity contribution in [1.29, 1.82) is 0 Å². The molecule has 0 radical (unpaired) electrons. The summed E-state index contributed by atoms with van der Waals surface area (Å²) >= 11 is 0. The molecule has 0 amide bonds. The van der Waals surface area contributed by atoms with Crippen LogP contribution in [0.5, 0.6) is 5.75 Å². The number of anilines is 1. The lowest BCUT2D eigenvalue weighted by Gasteiger charge is -2.40. The number of nitrogens with one attached hydrogen (secondary N) is 1. The van der Waals surface area contributed by atoms with Gasteiger partial charge in [-0.05, 0) is 60.6 Å². The number of nitrogens with zero attached hydrogens (tertiary/aromatic N) is 2. The number of benzene rings is 2. The Kier molecular flexibility index (Phi) is 9.43. The number of rotatable bonds is 12. The lowest BCUT2D eigenvalue weighted by molar-refractivity contribution is -0.136. The van der Waals surface area contributed by atoms with Gasteiger partial charge in [-0.3, -0.25) is 9.78 Å². The van der Waals surface area contributed by atoms with Gasteiger partial charge in [0.1, 0.15) is 11.6 Å². The van der Waals surface area contributed by atoms with Crippen molar-refractivity contribution in [3.05, 3.63) is 76.9 Å². The molecule has 224 valence electrons. The summed E-state index contributed by atoms with van der Waals surface area (Å²) < 4.78 is 24.6. The molecule has 2 aromatic carbocycles. The maximum Gasteiger partial charge on any atom is 0.307 e. The maximum absolute atomic E-state index is 13.2. The molecule has 0 atom stereocenters. The molecule has 8 heteroatoms. The van der Waals surface area contributed by atoms with Gasteiger partial charge in [-0.1, -0.05) is 38.1 Å². The smallest absolute Gasteiger partial charge is 0.307 e. The van der Waals surface area contributed by atoms with E-state index in [9.17, 15) is 14.3 Å². The quantitative estimate of drug-likeness (QED) is 0.282. The summed E-state index contributed by atoms with van der Waals surface area (Å²) in [6.45, 7) is 11.7. The highest BCUT2D eigenvalue weighted by atomic mass is 19.1. The number of hydrogen-bond acceptors (Lipinski definition) is 6. The molecule has 7 nitrogen and oxygen atoms in total. The van der Waals surface area contributed by atoms with Crippen LogP contribution < -0.4 is 15.0 Å². The Hall–Kier alpha value is -3.49. The first-order valence-corrected chi connectivity index (χ1v) is 14.9. The number of hydrogen-bond donors (Lipinski definition) is 2. The molecule has 0 spiro atoms. The van der Waals surface area contributed by atoms with Gasteiger partial charge in [-0.25, -0.2) is 4.39 Å². The summed E-state index contributed by atoms with van der Waals surface area (Å²) in [4.78, 5) is 19.4. The average Bonchev–Trinajstić information content (AvgIpc) is 2.93. The van der Waals surface area contributed by atoms with Crippen molar-refractivity contribution < 1.29 is 23.8 Å². The third kappa shape index (κ3) is 7.47. The van der Waals surface area contributed by atoms with Crippen LogP contribution in [0.2, 0.25) is 0 Å². The molecule has 3 aromatic rings. The third-order valence-corrected chi connectivity index (χ3v) is 8.46. The summed E-state index contributed by atoms with van der Waals surface area (Å²) in [6, 6.07) is 14.5. The fourth-order valence-corrected chi connectivity index (χ4v) is 5.72. The van der Waals surface area contributed by atoms with Crippen LogP contribution in [0.25, 0.3) is 11.1 Å². The van der Waals surface area contributed by atoms with E-state index in [0.717, 1.165) is 90.8 Å². The lowest BCUT2D eigenvalue weighted by Crippen LogP contribution is -2.39. The molecule has 0 unspecified atom stereocenters. The zero-order valence-electron chi connectivity index (χ0n) is 24.9. The van der Waals surface area contributed by atoms with Crippen molar-refractivity contribution >= 4 is 11.7 Å². The fourth-order valence-electron chi connectivity index (χ4n) is 5.72. The van der Waals surface area contributed by atoms with E-state index in [2.05, 4.69) is 24.1 Å². The molecule has 3 heterocycles. The second-order valence-corrected chi connectivity index (χ2v) is 12.4. The van der Waals surface area contributed by atoms with E-state index >= 15 is 0 Å². The number of carboxylic acids is 1. The molecule has 2 N–H and O–H groups in total. The van der Waals surface area contributed by atoms with Crippen LogP contribution in [0, 0.1) is 24.1 Å². The molecule has 5 rings (SSSR count). The van der Waals surface area contributed by atoms with Crippen molar-refractivity contribution in [2.45, 2.75) is 53.0 Å². The molecular weight excluding hydrogens is 533 g/mol. The number of piperidine rings is 1. The number of aromatic nitrogens is 1. The standard InChI is InChI=1S/C34H42FN3O4/c1-23-29(18-31(39)40)33(38-15-13-34(2,3)14-16-38)32(30(37-23)20-36-19-25-21-41-22-25)26-6-10-28(11-7-26)42-17-12-24-4-8-27(35)9-5-24/h4-11,25,36H,12-22H2,1-3H3,(H,39,40). The molecule has 2 aliphatic rings. The molecule has 1 aromatic heterocycles. The number of aryl methyl sites for hydroxylation is 1. The summed E-state index contributed by atoms with van der Waals surface area (Å²) in [7, 11) is 0. The predicted molar refractivity (Wildman–Crippen MR) is 163 cm³/mol. The third-order valence-electron chi connectivity index (χ3n) is 8.46. The summed E-state index contributed by atoms with van der Waals surface area (Å²) in [5.74, 6) is 0.158. The van der Waals surface area contributed by atoms with E-state index in [4.69, 9.17) is 14.5 Å². The van der Waals surface area contributed by atoms with Gasteiger partial charge in [0.05, 0.1) is 37.6 Å². The number of pyridine rings is 1. The molecular formula is C34H42FN3O4. The monoisotopic (exact) mass is 575 g/mol. The van der Waals surface area contributed by atoms with Crippen molar-refractivity contribution in [1.82, 2.24) is 10.3 Å². The molecule has 2 fully saturated rings. The van der Waals surface area contributed by atoms with Crippen LogP contribution in [-0.2, 0) is 28.9 Å². The molecule has 42 heavy (non-hydrogen) atoms. The van der Waals surface area contributed by atoms with Crippen molar-refractivity contribution in [3.63, 3.8) is 0 Å². The topological polar surface area (TPSA) is 83.9 Å². The Morgan fingerprint density at radius 2 is 1.81 bits per heavy atom. The van der Waals surface area contributed by atoms with Gasteiger partial charge in [0.15, 0.2) is 0 Å². The fraction of sp³-hybridized carbons (Fsp3) is 0.471. The minimum absolute atomic E-state index is 0.0707. The van der Waals surface area contributed by atoms with E-state index < -0.39 is 5.97 Å². The molecule has 0 bridgehead atoms. The van der Waals surface area contributed by atoms with Crippen LogP contribution in [0.1, 0.15) is 49.2 Å². The molecule has 2 aliphatic heterocycles. The summed E-state index contributed by atoms with van der Waals surface area (Å²) in [6.07, 6.45) is 2.69. The Labute approximate surface area is 248 Å². The minimum atomic E-state index is -0.856. The Balaban J connectivity index is 1.45. The largest absolute Gasteiger partial charge is 0.493 e. The maximum atomic E-state index is 13.2. The average molecular weight is 576 g/mol. The number of carboxylic acid groups (broad SMARTS) is 1. The minimum Gasteiger partial charge on any atom is -0.493 e. The van der Waals surface area contributed by atoms with Gasteiger partial charge >= 0.3 is 5.97 Å². The van der Waals surface area contributed by atoms with E-state index in [1.807, 2.05) is 31.2 Å². The van der Waals surface area contributed by atoms with E-state index in [0.29, 0.717) is 25.5 Å². The molecule has 0 aliphatic carbocycles. The van der Waals surface area contributed by atoms with Crippen LogP contribution >= 0.6 is 0 Å². The van der Waals surface area contributed by atoms with Gasteiger partial charge in [-0.15, -0.1) is 0 Å². The molecule has 2 saturated heterocycles. The first-order valence-electron chi connectivity index (χ1n) is 14.9. The van der Waals surface area contributed by atoms with Crippen molar-refractivity contribution in [3.8, 4) is 16.9 Å². The van der Waals surface area contributed by atoms with Crippen molar-refractivity contribution in [2.75, 3.05) is 44.4 Å². The predicted octanol–water partition coefficient (Wildman–Crippen LogP) is 5.81. The molecule has 0 saturated carbocycles. The number of aliphatic carboxylic acids is 1. The number of halogens is 1. The number of carbonyl (C=O) groups is 1. The second-order valence-electron chi connectivity index (χ2n) is 12.4. The van der Waals surface area contributed by atoms with Gasteiger partial charge in [0, 0.05) is 55.3 Å². The normalized spacial score (nSPS) is 16.7. The highest BCUT2D eigenvalue weighted by Crippen LogP contribution is 2.42. The second kappa shape index (κ2) is 13.2. The SMILES string of the molecule is Cc1nc(CNCC2COC2)c(-c2ccc(OCCc3ccc(F)cc3)cc2)c(N2CCC(C)(C)CC2)c1CC(=O)O. The van der Waals surface area contributed by atoms with Gasteiger partial charge < -0.3 is 24.8 Å². The Bertz CT molecular complexity index is 1360. The summed E-state index contributed by atoms with van der Waals surface area (Å²) in [5, 5.41) is 13.5. The van der Waals surface area contributed by atoms with Crippen LogP contribution in [0.3, 0.4) is 0 Å². The van der Waals surface area contributed by atoms with Crippen LogP contribution in [-0.4, -0.2) is 55.5 Å². The number of ether oxygens (including phenoxy) is 2. The summed E-state index contributed by atoms with van der Waals surface area (Å²) in [5.41, 5.74) is 6.73. The van der Waals surface area contributed by atoms with E-state index in [1.54, 1.807) is 12.1 Å². The van der Waals surface area contributed by atoms with Gasteiger partial charge in [-0.2, -0.15) is 0 Å². The van der Waals surface area contributed by atoms with Crippen LogP contribution in [0.4, 0.5) is 10.1 Å². The Morgan fingerprint density at radius 3 is 2.43 bits per heavy atom. The van der Waals surface area contributed by atoms with E-state index in [1.165, 1.54) is 12.1 Å². The van der Waals surface area contributed by atoms with E-state index in [-0.39, 0.29) is 17.7 Å². The zero-order chi connectivity index (χ0) is 29.7. The van der Waals surface area contributed by atoms with Gasteiger partial charge in [0.2, 0.25) is 0 Å². The van der Waals surface area contributed by atoms with Crippen molar-refractivity contribution in [2.24, 2.45) is 11.3 Å². The Morgan fingerprint density at radius 1 is 1.12 bits per heavy atom. The highest BCUT2D eigenvalue weighted by molar-refractivity contribution is 5.86.